The molecule has 25 heavy (non-hydrogen) atoms. The van der Waals surface area contributed by atoms with Crippen LogP contribution in [0.1, 0.15) is 17.2 Å². The van der Waals surface area contributed by atoms with Crippen LogP contribution >= 0.6 is 0 Å². The minimum absolute atomic E-state index is 0.122. The van der Waals surface area contributed by atoms with Gasteiger partial charge in [0.05, 0.1) is 11.4 Å². The smallest absolute Gasteiger partial charge is 0.204 e. The summed E-state index contributed by atoms with van der Waals surface area (Å²) in [6.07, 6.45) is 0.276. The Morgan fingerprint density at radius 1 is 1.08 bits per heavy atom. The monoisotopic (exact) mass is 358 g/mol. The molecule has 0 bridgehead atoms. The third-order valence-electron chi connectivity index (χ3n) is 3.79. The molecule has 0 fully saturated rings. The Hall–Kier alpha value is -2.58. The van der Waals surface area contributed by atoms with E-state index in [0.717, 1.165) is 17.4 Å². The van der Waals surface area contributed by atoms with Gasteiger partial charge in [0.25, 0.3) is 0 Å². The molecule has 1 aromatic heterocycles. The average molecular weight is 358 g/mol. The Balaban J connectivity index is 1.73. The molecular formula is C17H18N4O3S. The van der Waals surface area contributed by atoms with Crippen molar-refractivity contribution in [1.29, 1.82) is 0 Å². The number of aromatic nitrogens is 4. The molecule has 0 spiro atoms. The zero-order valence-electron chi connectivity index (χ0n) is 13.9. The fourth-order valence-electron chi connectivity index (χ4n) is 2.34. The normalized spacial score (nSPS) is 12.9. The lowest BCUT2D eigenvalue weighted by molar-refractivity contribution is 0.144. The average Bonchev–Trinajstić information content (AvgIpc) is 3.03. The van der Waals surface area contributed by atoms with Crippen molar-refractivity contribution in [2.75, 3.05) is 6.26 Å². The molecule has 0 radical (unpaired) electrons. The summed E-state index contributed by atoms with van der Waals surface area (Å²) in [6, 6.07) is 13.9. The third kappa shape index (κ3) is 4.09. The maximum atomic E-state index is 11.5. The molecule has 1 N–H and O–H groups in total. The Kier molecular flexibility index (Phi) is 4.65. The van der Waals surface area contributed by atoms with E-state index in [9.17, 15) is 13.5 Å². The first-order chi connectivity index (χ1) is 11.8. The number of sulfone groups is 1. The van der Waals surface area contributed by atoms with Gasteiger partial charge in [0, 0.05) is 11.8 Å². The van der Waals surface area contributed by atoms with Gasteiger partial charge in [-0.3, -0.25) is 0 Å². The van der Waals surface area contributed by atoms with Crippen molar-refractivity contribution in [2.45, 2.75) is 24.5 Å². The molecule has 7 nitrogen and oxygen atoms in total. The number of hydrogen-bond donors (Lipinski definition) is 1. The maximum absolute atomic E-state index is 11.5. The summed E-state index contributed by atoms with van der Waals surface area (Å²) in [5.74, 6) is 0.486. The number of aliphatic hydroxyl groups is 1. The van der Waals surface area contributed by atoms with E-state index in [4.69, 9.17) is 0 Å². The molecular weight excluding hydrogens is 340 g/mol. The second-order valence-corrected chi connectivity index (χ2v) is 7.91. The van der Waals surface area contributed by atoms with E-state index >= 15 is 0 Å². The molecule has 0 saturated carbocycles. The molecule has 1 atom stereocenters. The van der Waals surface area contributed by atoms with Crippen LogP contribution in [0.25, 0.3) is 11.4 Å². The lowest BCUT2D eigenvalue weighted by Gasteiger charge is -2.10. The molecule has 0 aliphatic carbocycles. The zero-order chi connectivity index (χ0) is 18.0. The van der Waals surface area contributed by atoms with E-state index in [2.05, 4.69) is 15.4 Å². The lowest BCUT2D eigenvalue weighted by atomic mass is 10.1. The first-order valence-corrected chi connectivity index (χ1v) is 9.55. The SMILES string of the molecule is Cc1ccc(-c2nnn(C[C@H](O)c3ccc(S(C)(=O)=O)cc3)n2)cc1. The molecule has 1 heterocycles. The summed E-state index contributed by atoms with van der Waals surface area (Å²) in [6.45, 7) is 2.12. The number of aryl methyl sites for hydroxylation is 1. The quantitative estimate of drug-likeness (QED) is 0.747. The standard InChI is InChI=1S/C17H18N4O3S/c1-12-3-5-14(6-4-12)17-18-20-21(19-17)11-16(22)13-7-9-15(10-8-13)25(2,23)24/h3-10,16,22H,11H2,1-2H3/t16-/m0/s1. The number of benzene rings is 2. The molecule has 0 saturated heterocycles. The summed E-state index contributed by atoms with van der Waals surface area (Å²) in [7, 11) is -3.26. The topological polar surface area (TPSA) is 98.0 Å². The molecule has 0 unspecified atom stereocenters. The van der Waals surface area contributed by atoms with Crippen molar-refractivity contribution in [2.24, 2.45) is 0 Å². The van der Waals surface area contributed by atoms with Crippen molar-refractivity contribution >= 4 is 9.84 Å². The Morgan fingerprint density at radius 3 is 2.32 bits per heavy atom. The van der Waals surface area contributed by atoms with Gasteiger partial charge in [-0.1, -0.05) is 42.0 Å². The Labute approximate surface area is 145 Å². The van der Waals surface area contributed by atoms with Gasteiger partial charge >= 0.3 is 0 Å². The predicted molar refractivity (Wildman–Crippen MR) is 92.5 cm³/mol. The summed E-state index contributed by atoms with van der Waals surface area (Å²) in [4.78, 5) is 1.54. The van der Waals surface area contributed by atoms with Crippen LogP contribution in [0.2, 0.25) is 0 Å². The van der Waals surface area contributed by atoms with Gasteiger partial charge < -0.3 is 5.11 Å². The van der Waals surface area contributed by atoms with E-state index in [0.29, 0.717) is 11.4 Å². The molecule has 2 aromatic carbocycles. The van der Waals surface area contributed by atoms with Crippen LogP contribution < -0.4 is 0 Å². The van der Waals surface area contributed by atoms with Gasteiger partial charge in [0.15, 0.2) is 9.84 Å². The Morgan fingerprint density at radius 2 is 1.72 bits per heavy atom. The molecule has 0 aliphatic heterocycles. The van der Waals surface area contributed by atoms with Gasteiger partial charge in [-0.15, -0.1) is 10.2 Å². The highest BCUT2D eigenvalue weighted by molar-refractivity contribution is 7.90. The van der Waals surface area contributed by atoms with Gasteiger partial charge in [0.2, 0.25) is 5.82 Å². The minimum Gasteiger partial charge on any atom is -0.386 e. The van der Waals surface area contributed by atoms with Crippen LogP contribution in [0.3, 0.4) is 0 Å². The lowest BCUT2D eigenvalue weighted by Crippen LogP contribution is -2.11. The number of aliphatic hydroxyl groups excluding tert-OH is 1. The van der Waals surface area contributed by atoms with Crippen LogP contribution in [-0.2, 0) is 16.4 Å². The summed E-state index contributed by atoms with van der Waals surface area (Å²) in [5, 5.41) is 22.5. The summed E-state index contributed by atoms with van der Waals surface area (Å²) in [5.41, 5.74) is 2.58. The number of nitrogens with zero attached hydrogens (tertiary/aromatic N) is 4. The fourth-order valence-corrected chi connectivity index (χ4v) is 2.97. The first kappa shape index (κ1) is 17.2. The highest BCUT2D eigenvalue weighted by Crippen LogP contribution is 2.19. The number of hydrogen-bond acceptors (Lipinski definition) is 6. The van der Waals surface area contributed by atoms with Crippen molar-refractivity contribution in [3.05, 3.63) is 59.7 Å². The molecule has 8 heteroatoms. The highest BCUT2D eigenvalue weighted by atomic mass is 32.2. The molecule has 3 rings (SSSR count). The third-order valence-corrected chi connectivity index (χ3v) is 4.92. The fraction of sp³-hybridized carbons (Fsp3) is 0.235. The van der Waals surface area contributed by atoms with E-state index in [1.807, 2.05) is 31.2 Å². The second-order valence-electron chi connectivity index (χ2n) is 5.89. The van der Waals surface area contributed by atoms with E-state index in [1.165, 1.54) is 16.9 Å². The van der Waals surface area contributed by atoms with E-state index in [-0.39, 0.29) is 11.4 Å². The van der Waals surface area contributed by atoms with Gasteiger partial charge in [-0.05, 0) is 29.8 Å². The van der Waals surface area contributed by atoms with Crippen molar-refractivity contribution in [3.63, 3.8) is 0 Å². The minimum atomic E-state index is -3.26. The van der Waals surface area contributed by atoms with Gasteiger partial charge in [-0.25, -0.2) is 8.42 Å². The highest BCUT2D eigenvalue weighted by Gasteiger charge is 2.14. The van der Waals surface area contributed by atoms with Crippen LogP contribution in [0.4, 0.5) is 0 Å². The van der Waals surface area contributed by atoms with E-state index < -0.39 is 15.9 Å². The maximum Gasteiger partial charge on any atom is 0.204 e. The zero-order valence-corrected chi connectivity index (χ0v) is 14.7. The van der Waals surface area contributed by atoms with Crippen LogP contribution in [-0.4, -0.2) is 40.0 Å². The molecule has 0 aliphatic rings. The largest absolute Gasteiger partial charge is 0.386 e. The van der Waals surface area contributed by atoms with Crippen molar-refractivity contribution < 1.29 is 13.5 Å². The van der Waals surface area contributed by atoms with Crippen LogP contribution in [0.15, 0.2) is 53.4 Å². The van der Waals surface area contributed by atoms with E-state index in [1.54, 1.807) is 12.1 Å². The second kappa shape index (κ2) is 6.73. The van der Waals surface area contributed by atoms with Gasteiger partial charge in [-0.2, -0.15) is 4.80 Å². The number of tetrazole rings is 1. The predicted octanol–water partition coefficient (Wildman–Crippen LogP) is 1.79. The molecule has 3 aromatic rings. The van der Waals surface area contributed by atoms with Crippen molar-refractivity contribution in [1.82, 2.24) is 20.2 Å². The van der Waals surface area contributed by atoms with Crippen molar-refractivity contribution in [3.8, 4) is 11.4 Å². The summed E-state index contributed by atoms with van der Waals surface area (Å²) >= 11 is 0. The Bertz CT molecular complexity index is 964. The van der Waals surface area contributed by atoms with Crippen LogP contribution in [0, 0.1) is 6.92 Å². The van der Waals surface area contributed by atoms with Crippen LogP contribution in [0.5, 0.6) is 0 Å². The molecule has 0 amide bonds. The number of rotatable bonds is 5. The first-order valence-electron chi connectivity index (χ1n) is 7.66. The summed E-state index contributed by atoms with van der Waals surface area (Å²) < 4.78 is 22.9. The van der Waals surface area contributed by atoms with Gasteiger partial charge in [0.1, 0.15) is 6.10 Å². The molecule has 130 valence electrons.